The van der Waals surface area contributed by atoms with Gasteiger partial charge in [0, 0.05) is 43.7 Å². The maximum atomic E-state index is 12.9. The van der Waals surface area contributed by atoms with E-state index in [1.807, 2.05) is 11.0 Å². The van der Waals surface area contributed by atoms with Crippen molar-refractivity contribution in [3.05, 3.63) is 64.3 Å². The Morgan fingerprint density at radius 2 is 1.87 bits per heavy atom. The Morgan fingerprint density at radius 1 is 1.13 bits per heavy atom. The van der Waals surface area contributed by atoms with Crippen LogP contribution in [0.3, 0.4) is 0 Å². The minimum atomic E-state index is -3.75. The first-order chi connectivity index (χ1) is 14.4. The summed E-state index contributed by atoms with van der Waals surface area (Å²) in [5, 5.41) is 25.4. The normalized spacial score (nSPS) is 15.8. The van der Waals surface area contributed by atoms with Gasteiger partial charge in [-0.15, -0.1) is 0 Å². The summed E-state index contributed by atoms with van der Waals surface area (Å²) in [6, 6.07) is 12.7. The summed E-state index contributed by atoms with van der Waals surface area (Å²) >= 11 is 0. The smallest absolute Gasteiger partial charge is 0.271 e. The zero-order valence-electron chi connectivity index (χ0n) is 15.9. The summed E-state index contributed by atoms with van der Waals surface area (Å²) in [7, 11) is -3.75. The lowest BCUT2D eigenvalue weighted by atomic mass is 10.2. The highest BCUT2D eigenvalue weighted by atomic mass is 32.2. The molecule has 0 atom stereocenters. The van der Waals surface area contributed by atoms with Crippen LogP contribution in [0.25, 0.3) is 10.9 Å². The molecule has 1 saturated heterocycles. The summed E-state index contributed by atoms with van der Waals surface area (Å²) in [5.74, 6) is 0. The molecule has 0 radical (unpaired) electrons. The predicted molar refractivity (Wildman–Crippen MR) is 108 cm³/mol. The van der Waals surface area contributed by atoms with Crippen LogP contribution in [0.15, 0.2) is 53.6 Å². The Labute approximate surface area is 172 Å². The number of fused-ring (bicyclic) bond motifs is 1. The van der Waals surface area contributed by atoms with Gasteiger partial charge in [-0.05, 0) is 18.2 Å². The van der Waals surface area contributed by atoms with E-state index in [9.17, 15) is 23.8 Å². The molecule has 10 nitrogen and oxygen atoms in total. The number of sulfonamides is 1. The first kappa shape index (κ1) is 20.0. The number of hydrogen-bond donors (Lipinski definition) is 0. The van der Waals surface area contributed by atoms with Gasteiger partial charge in [0.1, 0.15) is 6.07 Å². The lowest BCUT2D eigenvalue weighted by Gasteiger charge is -2.34. The molecule has 0 spiro atoms. The van der Waals surface area contributed by atoms with E-state index in [1.165, 1.54) is 28.6 Å². The molecule has 3 aromatic rings. The Bertz CT molecular complexity index is 1260. The minimum Gasteiger partial charge on any atom is -0.282 e. The van der Waals surface area contributed by atoms with E-state index >= 15 is 0 Å². The molecule has 0 saturated carbocycles. The molecule has 1 fully saturated rings. The van der Waals surface area contributed by atoms with Crippen molar-refractivity contribution in [3.63, 3.8) is 0 Å². The lowest BCUT2D eigenvalue weighted by molar-refractivity contribution is -0.384. The molecule has 0 aliphatic carbocycles. The Balaban J connectivity index is 1.48. The number of nitro groups is 1. The molecule has 2 aromatic carbocycles. The van der Waals surface area contributed by atoms with Crippen molar-refractivity contribution in [1.29, 1.82) is 5.26 Å². The average Bonchev–Trinajstić information content (AvgIpc) is 3.16. The van der Waals surface area contributed by atoms with Crippen LogP contribution in [0.5, 0.6) is 0 Å². The van der Waals surface area contributed by atoms with Crippen LogP contribution in [0.1, 0.15) is 5.56 Å². The number of nitriles is 1. The van der Waals surface area contributed by atoms with Crippen LogP contribution in [-0.2, 0) is 16.7 Å². The van der Waals surface area contributed by atoms with Crippen LogP contribution in [0.4, 0.5) is 5.69 Å². The highest BCUT2D eigenvalue weighted by molar-refractivity contribution is 7.89. The number of nitrogens with zero attached hydrogens (tertiary/aromatic N) is 6. The third-order valence-electron chi connectivity index (χ3n) is 5.13. The summed E-state index contributed by atoms with van der Waals surface area (Å²) in [5.41, 5.74) is 0.781. The van der Waals surface area contributed by atoms with Gasteiger partial charge in [-0.2, -0.15) is 14.7 Å². The van der Waals surface area contributed by atoms with Gasteiger partial charge in [0.15, 0.2) is 0 Å². The van der Waals surface area contributed by atoms with E-state index < -0.39 is 14.9 Å². The predicted octanol–water partition coefficient (Wildman–Crippen LogP) is 1.78. The van der Waals surface area contributed by atoms with E-state index in [4.69, 9.17) is 0 Å². The summed E-state index contributed by atoms with van der Waals surface area (Å²) in [6.07, 6.45) is 1.65. The van der Waals surface area contributed by atoms with Gasteiger partial charge in [0.2, 0.25) is 10.0 Å². The molecule has 2 heterocycles. The lowest BCUT2D eigenvalue weighted by Crippen LogP contribution is -2.49. The van der Waals surface area contributed by atoms with Gasteiger partial charge in [0.25, 0.3) is 5.69 Å². The number of aromatic nitrogens is 2. The summed E-state index contributed by atoms with van der Waals surface area (Å²) in [6.45, 7) is 1.91. The number of benzene rings is 2. The summed E-state index contributed by atoms with van der Waals surface area (Å²) < 4.78 is 28.9. The molecule has 0 bridgehead atoms. The van der Waals surface area contributed by atoms with Crippen molar-refractivity contribution in [2.45, 2.75) is 11.6 Å². The first-order valence-corrected chi connectivity index (χ1v) is 10.7. The van der Waals surface area contributed by atoms with Gasteiger partial charge in [0.05, 0.1) is 33.8 Å². The van der Waals surface area contributed by atoms with E-state index in [0.717, 1.165) is 5.39 Å². The number of non-ortho nitro benzene ring substituents is 1. The average molecular weight is 426 g/mol. The molecule has 4 rings (SSSR count). The minimum absolute atomic E-state index is 0.00341. The molecule has 0 N–H and O–H groups in total. The number of piperazine rings is 1. The molecule has 1 aromatic heterocycles. The van der Waals surface area contributed by atoms with Gasteiger partial charge in [-0.1, -0.05) is 12.1 Å². The SMILES string of the molecule is N#Cc1ccccc1S(=O)(=O)N1CCN(Cn2ncc3ccc([N+](=O)[O-])cc32)CC1. The molecule has 0 unspecified atom stereocenters. The van der Waals surface area contributed by atoms with Crippen molar-refractivity contribution in [2.75, 3.05) is 26.2 Å². The monoisotopic (exact) mass is 426 g/mol. The molecule has 1 aliphatic heterocycles. The van der Waals surface area contributed by atoms with Gasteiger partial charge >= 0.3 is 0 Å². The van der Waals surface area contributed by atoms with Gasteiger partial charge in [-0.3, -0.25) is 19.7 Å². The zero-order valence-corrected chi connectivity index (χ0v) is 16.7. The fourth-order valence-electron chi connectivity index (χ4n) is 3.51. The van der Waals surface area contributed by atoms with Crippen LogP contribution in [0, 0.1) is 21.4 Å². The maximum absolute atomic E-state index is 12.9. The number of hydrogen-bond acceptors (Lipinski definition) is 7. The summed E-state index contributed by atoms with van der Waals surface area (Å²) in [4.78, 5) is 12.7. The second-order valence-corrected chi connectivity index (χ2v) is 8.82. The zero-order chi connectivity index (χ0) is 21.3. The molecule has 30 heavy (non-hydrogen) atoms. The van der Waals surface area contributed by atoms with Crippen molar-refractivity contribution in [3.8, 4) is 6.07 Å². The van der Waals surface area contributed by atoms with Crippen molar-refractivity contribution < 1.29 is 13.3 Å². The van der Waals surface area contributed by atoms with Crippen molar-refractivity contribution >= 4 is 26.6 Å². The van der Waals surface area contributed by atoms with Crippen molar-refractivity contribution in [1.82, 2.24) is 19.0 Å². The topological polar surface area (TPSA) is 125 Å². The van der Waals surface area contributed by atoms with Gasteiger partial charge in [-0.25, -0.2) is 8.42 Å². The van der Waals surface area contributed by atoms with E-state index in [0.29, 0.717) is 25.3 Å². The Morgan fingerprint density at radius 3 is 2.57 bits per heavy atom. The Kier molecular flexibility index (Phi) is 5.21. The quantitative estimate of drug-likeness (QED) is 0.450. The molecular weight excluding hydrogens is 408 g/mol. The second kappa shape index (κ2) is 7.83. The second-order valence-electron chi connectivity index (χ2n) is 6.92. The van der Waals surface area contributed by atoms with Gasteiger partial charge < -0.3 is 0 Å². The molecule has 1 aliphatic rings. The van der Waals surface area contributed by atoms with E-state index in [1.54, 1.807) is 29.1 Å². The van der Waals surface area contributed by atoms with Crippen LogP contribution in [-0.4, -0.2) is 58.5 Å². The fourth-order valence-corrected chi connectivity index (χ4v) is 5.07. The number of nitro benzene ring substituents is 1. The maximum Gasteiger partial charge on any atom is 0.271 e. The third kappa shape index (κ3) is 3.63. The molecule has 11 heteroatoms. The Hall–Kier alpha value is -3.33. The largest absolute Gasteiger partial charge is 0.282 e. The first-order valence-electron chi connectivity index (χ1n) is 9.22. The van der Waals surface area contributed by atoms with E-state index in [2.05, 4.69) is 5.10 Å². The molecular formula is C19H18N6O4S. The van der Waals surface area contributed by atoms with Crippen LogP contribution in [0.2, 0.25) is 0 Å². The standard InChI is InChI=1S/C19H18N6O4S/c20-12-15-3-1-2-4-19(15)30(28,29)23-9-7-22(8-10-23)14-24-18-11-17(25(26)27)6-5-16(18)13-21-24/h1-6,11,13H,7-10,14H2. The fraction of sp³-hybridized carbons (Fsp3) is 0.263. The van der Waals surface area contributed by atoms with Crippen LogP contribution >= 0.6 is 0 Å². The third-order valence-corrected chi connectivity index (χ3v) is 7.09. The number of rotatable bonds is 5. The van der Waals surface area contributed by atoms with E-state index in [-0.39, 0.29) is 29.2 Å². The highest BCUT2D eigenvalue weighted by Crippen LogP contribution is 2.23. The highest BCUT2D eigenvalue weighted by Gasteiger charge is 2.30. The van der Waals surface area contributed by atoms with Crippen molar-refractivity contribution in [2.24, 2.45) is 0 Å². The molecule has 154 valence electrons. The van der Waals surface area contributed by atoms with Crippen LogP contribution < -0.4 is 0 Å². The molecule has 0 amide bonds.